The summed E-state index contributed by atoms with van der Waals surface area (Å²) in [6.45, 7) is 6.01. The average Bonchev–Trinajstić information content (AvgIpc) is 2.11. The van der Waals surface area contributed by atoms with Crippen LogP contribution in [0, 0.1) is 5.92 Å². The van der Waals surface area contributed by atoms with Gasteiger partial charge in [-0.25, -0.2) is 0 Å². The normalized spacial score (nSPS) is 35.8. The number of ether oxygens (including phenoxy) is 1. The highest BCUT2D eigenvalue weighted by Gasteiger charge is 2.39. The Morgan fingerprint density at radius 3 is 2.67 bits per heavy atom. The van der Waals surface area contributed by atoms with Crippen LogP contribution in [0.25, 0.3) is 0 Å². The lowest BCUT2D eigenvalue weighted by Crippen LogP contribution is -2.51. The van der Waals surface area contributed by atoms with Gasteiger partial charge in [-0.15, -0.1) is 0 Å². The molecule has 2 aliphatic rings. The highest BCUT2D eigenvalue weighted by molar-refractivity contribution is 5.77. The summed E-state index contributed by atoms with van der Waals surface area (Å²) in [5, 5.41) is 3.09. The highest BCUT2D eigenvalue weighted by atomic mass is 16.6. The van der Waals surface area contributed by atoms with Crippen molar-refractivity contribution in [3.63, 3.8) is 0 Å². The van der Waals surface area contributed by atoms with Crippen LogP contribution in [0.5, 0.6) is 0 Å². The lowest BCUT2D eigenvalue weighted by molar-refractivity contribution is -0.167. The molecule has 2 unspecified atom stereocenters. The van der Waals surface area contributed by atoms with Gasteiger partial charge in [0.25, 0.3) is 0 Å². The zero-order chi connectivity index (χ0) is 13.4. The third kappa shape index (κ3) is 3.24. The van der Waals surface area contributed by atoms with Gasteiger partial charge in [0.15, 0.2) is 0 Å². The number of cyclic esters (lactones) is 1. The SMILES string of the molecule is CC1(CC2CC(=O)OC(C)(C)C2)CCCC(=O)N1. The van der Waals surface area contributed by atoms with Crippen molar-refractivity contribution in [1.82, 2.24) is 5.32 Å². The number of hydrogen-bond acceptors (Lipinski definition) is 3. The maximum atomic E-state index is 11.6. The van der Waals surface area contributed by atoms with Crippen LogP contribution in [0.2, 0.25) is 0 Å². The molecule has 2 atom stereocenters. The number of nitrogens with one attached hydrogen (secondary N) is 1. The van der Waals surface area contributed by atoms with Crippen LogP contribution in [-0.4, -0.2) is 23.0 Å². The molecule has 4 heteroatoms. The molecule has 2 heterocycles. The van der Waals surface area contributed by atoms with Crippen molar-refractivity contribution in [3.05, 3.63) is 0 Å². The van der Waals surface area contributed by atoms with Crippen molar-refractivity contribution in [2.75, 3.05) is 0 Å². The summed E-state index contributed by atoms with van der Waals surface area (Å²) in [6.07, 6.45) is 4.82. The zero-order valence-corrected chi connectivity index (χ0v) is 11.5. The zero-order valence-electron chi connectivity index (χ0n) is 11.5. The van der Waals surface area contributed by atoms with Gasteiger partial charge >= 0.3 is 5.97 Å². The molecule has 0 radical (unpaired) electrons. The third-order valence-electron chi connectivity index (χ3n) is 3.94. The molecule has 1 amide bonds. The van der Waals surface area contributed by atoms with Gasteiger partial charge in [-0.1, -0.05) is 0 Å². The molecule has 2 aliphatic heterocycles. The molecule has 1 N–H and O–H groups in total. The lowest BCUT2D eigenvalue weighted by Gasteiger charge is -2.41. The number of amides is 1. The first kappa shape index (κ1) is 13.4. The van der Waals surface area contributed by atoms with Crippen LogP contribution in [0.3, 0.4) is 0 Å². The monoisotopic (exact) mass is 253 g/mol. The Kier molecular flexibility index (Phi) is 3.39. The summed E-state index contributed by atoms with van der Waals surface area (Å²) in [4.78, 5) is 23.1. The van der Waals surface area contributed by atoms with Gasteiger partial charge in [-0.3, -0.25) is 9.59 Å². The molecule has 2 rings (SSSR count). The smallest absolute Gasteiger partial charge is 0.306 e. The number of carbonyl (C=O) groups is 2. The minimum atomic E-state index is -0.366. The Hall–Kier alpha value is -1.06. The Bertz CT molecular complexity index is 364. The minimum Gasteiger partial charge on any atom is -0.460 e. The third-order valence-corrected chi connectivity index (χ3v) is 3.94. The largest absolute Gasteiger partial charge is 0.460 e. The van der Waals surface area contributed by atoms with Crippen molar-refractivity contribution in [1.29, 1.82) is 0 Å². The van der Waals surface area contributed by atoms with Crippen molar-refractivity contribution in [2.24, 2.45) is 5.92 Å². The second-order valence-electron chi connectivity index (χ2n) is 6.67. The van der Waals surface area contributed by atoms with E-state index in [9.17, 15) is 9.59 Å². The lowest BCUT2D eigenvalue weighted by atomic mass is 9.76. The second kappa shape index (κ2) is 4.56. The second-order valence-corrected chi connectivity index (χ2v) is 6.67. The Morgan fingerprint density at radius 2 is 2.06 bits per heavy atom. The maximum Gasteiger partial charge on any atom is 0.306 e. The first-order chi connectivity index (χ1) is 8.28. The topological polar surface area (TPSA) is 55.4 Å². The van der Waals surface area contributed by atoms with Crippen LogP contribution in [-0.2, 0) is 14.3 Å². The summed E-state index contributed by atoms with van der Waals surface area (Å²) in [5.41, 5.74) is -0.511. The van der Waals surface area contributed by atoms with E-state index in [2.05, 4.69) is 12.2 Å². The first-order valence-electron chi connectivity index (χ1n) is 6.81. The van der Waals surface area contributed by atoms with Crippen LogP contribution in [0.15, 0.2) is 0 Å². The molecule has 0 bridgehead atoms. The Labute approximate surface area is 108 Å². The number of rotatable bonds is 2. The molecule has 0 aliphatic carbocycles. The summed E-state index contributed by atoms with van der Waals surface area (Å²) < 4.78 is 5.32. The molecule has 18 heavy (non-hydrogen) atoms. The molecular weight excluding hydrogens is 230 g/mol. The highest BCUT2D eigenvalue weighted by Crippen LogP contribution is 2.36. The number of carbonyl (C=O) groups excluding carboxylic acids is 2. The summed E-state index contributed by atoms with van der Waals surface area (Å²) in [5.74, 6) is 0.341. The van der Waals surface area contributed by atoms with E-state index in [1.54, 1.807) is 0 Å². The van der Waals surface area contributed by atoms with Crippen molar-refractivity contribution >= 4 is 11.9 Å². The standard InChI is InChI=1S/C14H23NO3/c1-13(2)8-10(7-12(17)18-13)9-14(3)6-4-5-11(16)15-14/h10H,4-9H2,1-3H3,(H,15,16). The molecule has 2 fully saturated rings. The Balaban J connectivity index is 2.00. The fraction of sp³-hybridized carbons (Fsp3) is 0.857. The van der Waals surface area contributed by atoms with E-state index in [0.717, 1.165) is 25.7 Å². The molecule has 4 nitrogen and oxygen atoms in total. The molecule has 0 aromatic heterocycles. The van der Waals surface area contributed by atoms with E-state index in [1.165, 1.54) is 0 Å². The van der Waals surface area contributed by atoms with Crippen LogP contribution >= 0.6 is 0 Å². The molecule has 0 aromatic rings. The van der Waals surface area contributed by atoms with E-state index in [0.29, 0.717) is 18.8 Å². The van der Waals surface area contributed by atoms with Crippen LogP contribution in [0.1, 0.15) is 59.3 Å². The summed E-state index contributed by atoms with van der Waals surface area (Å²) >= 11 is 0. The van der Waals surface area contributed by atoms with Crippen LogP contribution in [0.4, 0.5) is 0 Å². The van der Waals surface area contributed by atoms with Gasteiger partial charge < -0.3 is 10.1 Å². The Morgan fingerprint density at radius 1 is 1.33 bits per heavy atom. The minimum absolute atomic E-state index is 0.109. The quantitative estimate of drug-likeness (QED) is 0.767. The number of esters is 1. The van der Waals surface area contributed by atoms with E-state index in [-0.39, 0.29) is 23.0 Å². The molecule has 0 spiro atoms. The van der Waals surface area contributed by atoms with Gasteiger partial charge in [0, 0.05) is 18.4 Å². The van der Waals surface area contributed by atoms with E-state index in [1.807, 2.05) is 13.8 Å². The van der Waals surface area contributed by atoms with Gasteiger partial charge in [0.05, 0.1) is 0 Å². The number of piperidine rings is 1. The molecular formula is C14H23NO3. The van der Waals surface area contributed by atoms with E-state index < -0.39 is 0 Å². The molecule has 2 saturated heterocycles. The van der Waals surface area contributed by atoms with Gasteiger partial charge in [-0.2, -0.15) is 0 Å². The van der Waals surface area contributed by atoms with Crippen molar-refractivity contribution in [2.45, 2.75) is 70.4 Å². The fourth-order valence-corrected chi connectivity index (χ4v) is 3.43. The predicted octanol–water partition coefficient (Wildman–Crippen LogP) is 2.17. The average molecular weight is 253 g/mol. The van der Waals surface area contributed by atoms with Crippen molar-refractivity contribution in [3.8, 4) is 0 Å². The van der Waals surface area contributed by atoms with Gasteiger partial charge in [-0.05, 0) is 52.4 Å². The first-order valence-corrected chi connectivity index (χ1v) is 6.81. The predicted molar refractivity (Wildman–Crippen MR) is 67.9 cm³/mol. The molecule has 0 saturated carbocycles. The fourth-order valence-electron chi connectivity index (χ4n) is 3.43. The van der Waals surface area contributed by atoms with E-state index >= 15 is 0 Å². The maximum absolute atomic E-state index is 11.6. The van der Waals surface area contributed by atoms with Gasteiger partial charge in [0.1, 0.15) is 5.60 Å². The van der Waals surface area contributed by atoms with Crippen LogP contribution < -0.4 is 5.32 Å². The van der Waals surface area contributed by atoms with Crippen molar-refractivity contribution < 1.29 is 14.3 Å². The van der Waals surface area contributed by atoms with Gasteiger partial charge in [0.2, 0.25) is 5.91 Å². The summed E-state index contributed by atoms with van der Waals surface area (Å²) in [7, 11) is 0. The number of hydrogen-bond donors (Lipinski definition) is 1. The summed E-state index contributed by atoms with van der Waals surface area (Å²) in [6, 6.07) is 0. The molecule has 102 valence electrons. The van der Waals surface area contributed by atoms with E-state index in [4.69, 9.17) is 4.74 Å². The molecule has 0 aromatic carbocycles.